The van der Waals surface area contributed by atoms with Gasteiger partial charge in [-0.25, -0.2) is 0 Å². The van der Waals surface area contributed by atoms with Gasteiger partial charge < -0.3 is 0 Å². The molecule has 1 heterocycles. The fourth-order valence-corrected chi connectivity index (χ4v) is 5.34. The molecule has 1 aliphatic heterocycles. The first-order chi connectivity index (χ1) is 11.6. The van der Waals surface area contributed by atoms with Gasteiger partial charge in [-0.05, 0) is 58.2 Å². The van der Waals surface area contributed by atoms with E-state index in [4.69, 9.17) is 0 Å². The Morgan fingerprint density at radius 3 is 2.21 bits per heavy atom. The summed E-state index contributed by atoms with van der Waals surface area (Å²) in [5.41, 5.74) is 2.93. The maximum Gasteiger partial charge on any atom is 0.271 e. The van der Waals surface area contributed by atoms with E-state index in [0.717, 1.165) is 11.4 Å². The smallest absolute Gasteiger partial charge is 0.271 e. The number of allylic oxidation sites excluding steroid dienone is 2. The van der Waals surface area contributed by atoms with Gasteiger partial charge in [-0.15, -0.1) is 0 Å². The lowest BCUT2D eigenvalue weighted by molar-refractivity contribution is -0.143. The SMILES string of the molecule is O=C(NN1C(=O)[C@@H]2C3C=CC(C4CC43)[C@@H]2C1=O)c1ccccc1Br. The molecule has 6 atom stereocenters. The lowest BCUT2D eigenvalue weighted by Crippen LogP contribution is -2.47. The summed E-state index contributed by atoms with van der Waals surface area (Å²) >= 11 is 3.32. The number of hydrazine groups is 1. The minimum Gasteiger partial charge on any atom is -0.272 e. The Kier molecular flexibility index (Phi) is 2.87. The molecule has 6 rings (SSSR count). The standard InChI is InChI=1S/C18H15BrN2O3/c19-13-4-2-1-3-10(13)16(22)20-21-17(23)14-8-5-6-9(12-7-11(8)12)15(14)18(21)24/h1-6,8-9,11-12,14-15H,7H2,(H,20,22)/t8?,9?,11?,12?,14-,15+. The second-order valence-electron chi connectivity index (χ2n) is 7.09. The van der Waals surface area contributed by atoms with Crippen molar-refractivity contribution in [3.05, 3.63) is 46.5 Å². The summed E-state index contributed by atoms with van der Waals surface area (Å²) < 4.78 is 0.627. The van der Waals surface area contributed by atoms with Crippen LogP contribution in [0.15, 0.2) is 40.9 Å². The first kappa shape index (κ1) is 14.4. The third-order valence-electron chi connectivity index (χ3n) is 5.99. The molecule has 2 saturated carbocycles. The predicted octanol–water partition coefficient (Wildman–Crippen LogP) is 2.15. The Morgan fingerprint density at radius 1 is 1.04 bits per heavy atom. The molecule has 1 saturated heterocycles. The maximum atomic E-state index is 12.8. The average molecular weight is 387 g/mol. The predicted molar refractivity (Wildman–Crippen MR) is 88.2 cm³/mol. The van der Waals surface area contributed by atoms with Gasteiger partial charge in [-0.2, -0.15) is 5.01 Å². The Labute approximate surface area is 147 Å². The molecule has 24 heavy (non-hydrogen) atoms. The van der Waals surface area contributed by atoms with Gasteiger partial charge in [-0.3, -0.25) is 19.8 Å². The number of carbonyl (C=O) groups excluding carboxylic acids is 3. The summed E-state index contributed by atoms with van der Waals surface area (Å²) in [5, 5.41) is 0.967. The first-order valence-corrected chi connectivity index (χ1v) is 8.99. The molecule has 5 nitrogen and oxygen atoms in total. The highest BCUT2D eigenvalue weighted by Gasteiger charge is 2.67. The van der Waals surface area contributed by atoms with Gasteiger partial charge in [-0.1, -0.05) is 24.3 Å². The van der Waals surface area contributed by atoms with E-state index in [9.17, 15) is 14.4 Å². The lowest BCUT2D eigenvalue weighted by Gasteiger charge is -2.37. The largest absolute Gasteiger partial charge is 0.272 e. The monoisotopic (exact) mass is 386 g/mol. The van der Waals surface area contributed by atoms with Crippen LogP contribution in [-0.4, -0.2) is 22.7 Å². The summed E-state index contributed by atoms with van der Waals surface area (Å²) in [6.07, 6.45) is 5.35. The zero-order valence-electron chi connectivity index (χ0n) is 12.7. The zero-order valence-corrected chi connectivity index (χ0v) is 14.3. The van der Waals surface area contributed by atoms with Crippen LogP contribution >= 0.6 is 15.9 Å². The third-order valence-corrected chi connectivity index (χ3v) is 6.69. The molecule has 3 fully saturated rings. The summed E-state index contributed by atoms with van der Waals surface area (Å²) in [4.78, 5) is 38.1. The summed E-state index contributed by atoms with van der Waals surface area (Å²) in [5.74, 6) is -0.127. The molecular weight excluding hydrogens is 372 g/mol. The van der Waals surface area contributed by atoms with Gasteiger partial charge in [0.25, 0.3) is 17.7 Å². The molecule has 0 aromatic heterocycles. The highest BCUT2D eigenvalue weighted by atomic mass is 79.9. The number of benzene rings is 1. The molecule has 0 radical (unpaired) electrons. The topological polar surface area (TPSA) is 66.5 Å². The van der Waals surface area contributed by atoms with Crippen molar-refractivity contribution in [1.29, 1.82) is 0 Å². The highest BCUT2D eigenvalue weighted by molar-refractivity contribution is 9.10. The summed E-state index contributed by atoms with van der Waals surface area (Å²) in [6, 6.07) is 6.94. The second-order valence-corrected chi connectivity index (χ2v) is 7.94. The van der Waals surface area contributed by atoms with Crippen LogP contribution in [0.1, 0.15) is 16.8 Å². The number of halogens is 1. The van der Waals surface area contributed by atoms with E-state index < -0.39 is 5.91 Å². The van der Waals surface area contributed by atoms with Crippen molar-refractivity contribution in [2.24, 2.45) is 35.5 Å². The number of nitrogens with zero attached hydrogens (tertiary/aromatic N) is 1. The Hall–Kier alpha value is -1.95. The third kappa shape index (κ3) is 1.77. The van der Waals surface area contributed by atoms with Crippen molar-refractivity contribution in [2.45, 2.75) is 6.42 Å². The van der Waals surface area contributed by atoms with Crippen molar-refractivity contribution < 1.29 is 14.4 Å². The Bertz CT molecular complexity index is 784. The molecule has 5 aliphatic rings. The number of amides is 3. The molecule has 0 spiro atoms. The van der Waals surface area contributed by atoms with Crippen molar-refractivity contribution in [2.75, 3.05) is 0 Å². The van der Waals surface area contributed by atoms with Crippen molar-refractivity contribution in [1.82, 2.24) is 10.4 Å². The van der Waals surface area contributed by atoms with E-state index in [-0.39, 0.29) is 35.5 Å². The quantitative estimate of drug-likeness (QED) is 0.625. The normalized spacial score (nSPS) is 38.1. The minimum atomic E-state index is -0.451. The van der Waals surface area contributed by atoms with Gasteiger partial charge in [0.2, 0.25) is 0 Å². The molecule has 1 N–H and O–H groups in total. The van der Waals surface area contributed by atoms with E-state index >= 15 is 0 Å². The van der Waals surface area contributed by atoms with Gasteiger partial charge >= 0.3 is 0 Å². The summed E-state index contributed by atoms with van der Waals surface area (Å²) in [6.45, 7) is 0. The van der Waals surface area contributed by atoms with Crippen molar-refractivity contribution in [3.8, 4) is 0 Å². The second kappa shape index (κ2) is 4.79. The van der Waals surface area contributed by atoms with Crippen LogP contribution in [0.5, 0.6) is 0 Å². The van der Waals surface area contributed by atoms with Crippen LogP contribution in [-0.2, 0) is 9.59 Å². The maximum absolute atomic E-state index is 12.8. The van der Waals surface area contributed by atoms with Crippen LogP contribution in [0, 0.1) is 35.5 Å². The van der Waals surface area contributed by atoms with Gasteiger partial charge in [0, 0.05) is 4.47 Å². The van der Waals surface area contributed by atoms with Crippen LogP contribution in [0.25, 0.3) is 0 Å². The van der Waals surface area contributed by atoms with Crippen molar-refractivity contribution >= 4 is 33.7 Å². The van der Waals surface area contributed by atoms with Gasteiger partial charge in [0.05, 0.1) is 17.4 Å². The highest BCUT2D eigenvalue weighted by Crippen LogP contribution is 2.65. The molecule has 2 bridgehead atoms. The number of carbonyl (C=O) groups is 3. The van der Waals surface area contributed by atoms with E-state index in [1.165, 1.54) is 0 Å². The number of hydrogen-bond acceptors (Lipinski definition) is 3. The lowest BCUT2D eigenvalue weighted by atomic mass is 9.63. The van der Waals surface area contributed by atoms with Crippen LogP contribution in [0.3, 0.4) is 0 Å². The molecule has 4 unspecified atom stereocenters. The average Bonchev–Trinajstić information content (AvgIpc) is 3.36. The van der Waals surface area contributed by atoms with Crippen LogP contribution in [0.2, 0.25) is 0 Å². The molecule has 1 aromatic rings. The van der Waals surface area contributed by atoms with Gasteiger partial charge in [0.15, 0.2) is 0 Å². The molecule has 4 aliphatic carbocycles. The van der Waals surface area contributed by atoms with Crippen LogP contribution < -0.4 is 5.43 Å². The number of imide groups is 1. The number of hydrogen-bond donors (Lipinski definition) is 1. The first-order valence-electron chi connectivity index (χ1n) is 8.19. The van der Waals surface area contributed by atoms with E-state index in [2.05, 4.69) is 33.5 Å². The van der Waals surface area contributed by atoms with Crippen molar-refractivity contribution in [3.63, 3.8) is 0 Å². The number of nitrogens with one attached hydrogen (secondary N) is 1. The summed E-state index contributed by atoms with van der Waals surface area (Å²) in [7, 11) is 0. The van der Waals surface area contributed by atoms with E-state index in [0.29, 0.717) is 21.9 Å². The fraction of sp³-hybridized carbons (Fsp3) is 0.389. The molecule has 122 valence electrons. The fourth-order valence-electron chi connectivity index (χ4n) is 4.87. The Balaban J connectivity index is 1.43. The Morgan fingerprint density at radius 2 is 1.62 bits per heavy atom. The van der Waals surface area contributed by atoms with Gasteiger partial charge in [0.1, 0.15) is 0 Å². The zero-order chi connectivity index (χ0) is 16.6. The minimum absolute atomic E-state index is 0.159. The number of rotatable bonds is 2. The van der Waals surface area contributed by atoms with E-state index in [1.807, 2.05) is 0 Å². The van der Waals surface area contributed by atoms with E-state index in [1.54, 1.807) is 24.3 Å². The molecule has 1 aromatic carbocycles. The van der Waals surface area contributed by atoms with Crippen LogP contribution in [0.4, 0.5) is 0 Å². The molecule has 3 amide bonds. The molecular formula is C18H15BrN2O3. The molecule has 6 heteroatoms.